The Labute approximate surface area is 181 Å². The Balaban J connectivity index is 1.83. The molecule has 6 heteroatoms. The first-order chi connectivity index (χ1) is 14.0. The Hall–Kier alpha value is -1.89. The molecule has 0 aliphatic heterocycles. The maximum absolute atomic E-state index is 13.2. The van der Waals surface area contributed by atoms with E-state index in [4.69, 9.17) is 4.98 Å². The Morgan fingerprint density at radius 1 is 1.07 bits per heavy atom. The van der Waals surface area contributed by atoms with Crippen LogP contribution in [0.1, 0.15) is 25.0 Å². The number of rotatable bonds is 9. The molecule has 0 N–H and O–H groups in total. The van der Waals surface area contributed by atoms with Crippen LogP contribution in [-0.4, -0.2) is 47.7 Å². The molecule has 0 atom stereocenters. The van der Waals surface area contributed by atoms with Crippen LogP contribution < -0.4 is 4.90 Å². The van der Waals surface area contributed by atoms with Gasteiger partial charge in [-0.05, 0) is 56.3 Å². The molecule has 0 bridgehead atoms. The summed E-state index contributed by atoms with van der Waals surface area (Å²) in [7, 11) is 0. The quantitative estimate of drug-likeness (QED) is 0.430. The Kier molecular flexibility index (Phi) is 7.70. The molecule has 0 spiro atoms. The lowest BCUT2D eigenvalue weighted by atomic mass is 10.1. The largest absolute Gasteiger partial charge is 0.302 e. The fraction of sp³-hybridized carbons (Fsp3) is 0.391. The van der Waals surface area contributed by atoms with Crippen molar-refractivity contribution in [1.82, 2.24) is 9.88 Å². The van der Waals surface area contributed by atoms with Gasteiger partial charge in [0.15, 0.2) is 5.13 Å². The van der Waals surface area contributed by atoms with Crippen molar-refractivity contribution in [2.45, 2.75) is 32.6 Å². The zero-order valence-electron chi connectivity index (χ0n) is 17.6. The first-order valence-corrected chi connectivity index (χ1v) is 11.9. The zero-order valence-corrected chi connectivity index (χ0v) is 19.3. The maximum Gasteiger partial charge on any atom is 0.239 e. The van der Waals surface area contributed by atoms with Gasteiger partial charge in [0.25, 0.3) is 0 Å². The molecule has 0 unspecified atom stereocenters. The minimum absolute atomic E-state index is 0.111. The third-order valence-electron chi connectivity index (χ3n) is 4.99. The second-order valence-electron chi connectivity index (χ2n) is 7.10. The number of fused-ring (bicyclic) bond motifs is 1. The number of anilines is 1. The van der Waals surface area contributed by atoms with Crippen LogP contribution in [0.3, 0.4) is 0 Å². The lowest BCUT2D eigenvalue weighted by molar-refractivity contribution is -0.116. The van der Waals surface area contributed by atoms with Crippen molar-refractivity contribution in [1.29, 1.82) is 0 Å². The molecule has 0 saturated carbocycles. The minimum Gasteiger partial charge on any atom is -0.302 e. The van der Waals surface area contributed by atoms with E-state index in [9.17, 15) is 4.79 Å². The van der Waals surface area contributed by atoms with Crippen molar-refractivity contribution in [2.75, 3.05) is 36.8 Å². The lowest BCUT2D eigenvalue weighted by Crippen LogP contribution is -2.39. The number of amides is 1. The molecule has 154 valence electrons. The summed E-state index contributed by atoms with van der Waals surface area (Å²) >= 11 is 3.20. The third-order valence-corrected chi connectivity index (χ3v) is 7.01. The van der Waals surface area contributed by atoms with Gasteiger partial charge in [-0.3, -0.25) is 9.69 Å². The van der Waals surface area contributed by atoms with Gasteiger partial charge in [-0.2, -0.15) is 0 Å². The van der Waals surface area contributed by atoms with E-state index in [1.54, 1.807) is 23.1 Å². The van der Waals surface area contributed by atoms with Crippen LogP contribution in [0.5, 0.6) is 0 Å². The smallest absolute Gasteiger partial charge is 0.239 e. The van der Waals surface area contributed by atoms with Crippen molar-refractivity contribution >= 4 is 44.4 Å². The molecule has 0 radical (unpaired) electrons. The molecular weight excluding hydrogens is 398 g/mol. The van der Waals surface area contributed by atoms with E-state index in [2.05, 4.69) is 44.7 Å². The zero-order chi connectivity index (χ0) is 20.8. The van der Waals surface area contributed by atoms with Gasteiger partial charge in [-0.25, -0.2) is 4.98 Å². The van der Waals surface area contributed by atoms with E-state index in [1.165, 1.54) is 5.56 Å². The second kappa shape index (κ2) is 10.2. The minimum atomic E-state index is 0.111. The first kappa shape index (κ1) is 21.8. The molecule has 1 amide bonds. The van der Waals surface area contributed by atoms with Gasteiger partial charge in [0.1, 0.15) is 0 Å². The molecule has 0 fully saturated rings. The van der Waals surface area contributed by atoms with Crippen LogP contribution in [0, 0.1) is 13.8 Å². The number of carbonyl (C=O) groups is 1. The highest BCUT2D eigenvalue weighted by Gasteiger charge is 2.21. The SMILES string of the molecule is CCN(CC)CCN(C(=O)CSc1ccccc1)c1nc2c(C)cc(C)cc2s1. The van der Waals surface area contributed by atoms with E-state index in [-0.39, 0.29) is 5.91 Å². The topological polar surface area (TPSA) is 36.4 Å². The van der Waals surface area contributed by atoms with Gasteiger partial charge in [0.2, 0.25) is 5.91 Å². The van der Waals surface area contributed by atoms with Gasteiger partial charge in [-0.15, -0.1) is 11.8 Å². The molecule has 2 aromatic carbocycles. The number of likely N-dealkylation sites (N-methyl/N-ethyl adjacent to an activating group) is 1. The number of aryl methyl sites for hydroxylation is 2. The summed E-state index contributed by atoms with van der Waals surface area (Å²) in [4.78, 5) is 23.4. The number of aromatic nitrogens is 1. The van der Waals surface area contributed by atoms with Gasteiger partial charge in [-0.1, -0.05) is 49.4 Å². The third kappa shape index (κ3) is 5.59. The van der Waals surface area contributed by atoms with E-state index < -0.39 is 0 Å². The highest BCUT2D eigenvalue weighted by atomic mass is 32.2. The first-order valence-electron chi connectivity index (χ1n) is 10.1. The van der Waals surface area contributed by atoms with Gasteiger partial charge < -0.3 is 4.90 Å². The van der Waals surface area contributed by atoms with Crippen LogP contribution in [-0.2, 0) is 4.79 Å². The summed E-state index contributed by atoms with van der Waals surface area (Å²) in [6.07, 6.45) is 0. The highest BCUT2D eigenvalue weighted by molar-refractivity contribution is 8.00. The van der Waals surface area contributed by atoms with E-state index in [0.717, 1.165) is 45.4 Å². The summed E-state index contributed by atoms with van der Waals surface area (Å²) in [5.74, 6) is 0.523. The number of benzene rings is 2. The van der Waals surface area contributed by atoms with Crippen LogP contribution in [0.4, 0.5) is 5.13 Å². The van der Waals surface area contributed by atoms with E-state index in [0.29, 0.717) is 12.3 Å². The number of hydrogen-bond acceptors (Lipinski definition) is 5. The summed E-state index contributed by atoms with van der Waals surface area (Å²) in [5, 5.41) is 0.805. The average Bonchev–Trinajstić information content (AvgIpc) is 3.14. The van der Waals surface area contributed by atoms with Crippen LogP contribution in [0.15, 0.2) is 47.4 Å². The fourth-order valence-electron chi connectivity index (χ4n) is 3.32. The summed E-state index contributed by atoms with van der Waals surface area (Å²) in [5.41, 5.74) is 3.40. The van der Waals surface area contributed by atoms with Gasteiger partial charge in [0, 0.05) is 18.0 Å². The average molecular weight is 428 g/mol. The van der Waals surface area contributed by atoms with E-state index in [1.807, 2.05) is 35.2 Å². The number of thiazole rings is 1. The number of carbonyl (C=O) groups excluding carboxylic acids is 1. The Morgan fingerprint density at radius 2 is 1.79 bits per heavy atom. The molecule has 3 rings (SSSR count). The van der Waals surface area contributed by atoms with Gasteiger partial charge >= 0.3 is 0 Å². The number of nitrogens with zero attached hydrogens (tertiary/aromatic N) is 3. The van der Waals surface area contributed by atoms with Crippen molar-refractivity contribution in [2.24, 2.45) is 0 Å². The standard InChI is InChI=1S/C23H29N3OS2/c1-5-25(6-2)12-13-26(21(27)16-28-19-10-8-7-9-11-19)23-24-22-18(4)14-17(3)15-20(22)29-23/h7-11,14-15H,5-6,12-13,16H2,1-4H3. The van der Waals surface area contributed by atoms with Crippen molar-refractivity contribution in [3.8, 4) is 0 Å². The summed E-state index contributed by atoms with van der Waals surface area (Å²) < 4.78 is 1.15. The summed E-state index contributed by atoms with van der Waals surface area (Å²) in [6, 6.07) is 14.4. The molecule has 0 aliphatic rings. The molecule has 0 saturated heterocycles. The molecule has 0 aliphatic carbocycles. The Bertz CT molecular complexity index is 951. The summed E-state index contributed by atoms with van der Waals surface area (Å²) in [6.45, 7) is 12.0. The monoisotopic (exact) mass is 427 g/mol. The highest BCUT2D eigenvalue weighted by Crippen LogP contribution is 2.32. The van der Waals surface area contributed by atoms with Crippen molar-refractivity contribution in [3.05, 3.63) is 53.6 Å². The molecule has 4 nitrogen and oxygen atoms in total. The van der Waals surface area contributed by atoms with Crippen LogP contribution in [0.25, 0.3) is 10.2 Å². The normalized spacial score (nSPS) is 11.3. The molecular formula is C23H29N3OS2. The second-order valence-corrected chi connectivity index (χ2v) is 9.16. The van der Waals surface area contributed by atoms with Crippen LogP contribution in [0.2, 0.25) is 0 Å². The van der Waals surface area contributed by atoms with Crippen molar-refractivity contribution in [3.63, 3.8) is 0 Å². The maximum atomic E-state index is 13.2. The predicted octanol–water partition coefficient (Wildman–Crippen LogP) is 5.38. The van der Waals surface area contributed by atoms with Crippen LogP contribution >= 0.6 is 23.1 Å². The van der Waals surface area contributed by atoms with E-state index >= 15 is 0 Å². The lowest BCUT2D eigenvalue weighted by Gasteiger charge is -2.24. The van der Waals surface area contributed by atoms with Crippen molar-refractivity contribution < 1.29 is 4.79 Å². The number of hydrogen-bond donors (Lipinski definition) is 0. The number of thioether (sulfide) groups is 1. The molecule has 3 aromatic rings. The van der Waals surface area contributed by atoms with Gasteiger partial charge in [0.05, 0.1) is 16.0 Å². The predicted molar refractivity (Wildman–Crippen MR) is 126 cm³/mol. The molecule has 1 aromatic heterocycles. The molecule has 1 heterocycles. The Morgan fingerprint density at radius 3 is 2.48 bits per heavy atom. The fourth-order valence-corrected chi connectivity index (χ4v) is 5.30. The molecule has 29 heavy (non-hydrogen) atoms.